The zero-order valence-corrected chi connectivity index (χ0v) is 13.8. The number of thiazole rings is 1. The van der Waals surface area contributed by atoms with E-state index in [-0.39, 0.29) is 5.91 Å². The lowest BCUT2D eigenvalue weighted by Gasteiger charge is -1.99. The summed E-state index contributed by atoms with van der Waals surface area (Å²) in [6, 6.07) is 13.0. The van der Waals surface area contributed by atoms with Crippen molar-refractivity contribution in [3.63, 3.8) is 0 Å². The molecule has 0 aliphatic carbocycles. The van der Waals surface area contributed by atoms with Crippen molar-refractivity contribution < 1.29 is 9.53 Å². The Morgan fingerprint density at radius 1 is 1.26 bits per heavy atom. The Bertz CT molecular complexity index is 872. The average molecular weight is 345 g/mol. The molecule has 0 saturated carbocycles. The molecule has 0 aliphatic rings. The molecule has 0 spiro atoms. The highest BCUT2D eigenvalue weighted by molar-refractivity contribution is 7.22. The van der Waals surface area contributed by atoms with Crippen LogP contribution < -0.4 is 10.1 Å². The number of ether oxygens (including phenoxy) is 1. The summed E-state index contributed by atoms with van der Waals surface area (Å²) in [5.41, 5.74) is 1.61. The highest BCUT2D eigenvalue weighted by atomic mass is 35.5. The van der Waals surface area contributed by atoms with Crippen LogP contribution in [-0.4, -0.2) is 18.0 Å². The molecule has 3 rings (SSSR count). The van der Waals surface area contributed by atoms with Crippen molar-refractivity contribution in [1.29, 1.82) is 0 Å². The topological polar surface area (TPSA) is 51.2 Å². The molecule has 1 N–H and O–H groups in total. The Balaban J connectivity index is 1.70. The first-order valence-electron chi connectivity index (χ1n) is 6.84. The van der Waals surface area contributed by atoms with Gasteiger partial charge < -0.3 is 4.74 Å². The van der Waals surface area contributed by atoms with Crippen LogP contribution in [0.15, 0.2) is 48.5 Å². The van der Waals surface area contributed by atoms with Crippen molar-refractivity contribution in [2.75, 3.05) is 12.4 Å². The molecule has 0 unspecified atom stereocenters. The zero-order chi connectivity index (χ0) is 16.2. The molecule has 116 valence electrons. The summed E-state index contributed by atoms with van der Waals surface area (Å²) in [6.45, 7) is 0. The van der Waals surface area contributed by atoms with Crippen LogP contribution in [-0.2, 0) is 4.79 Å². The second-order valence-electron chi connectivity index (χ2n) is 4.70. The molecule has 2 aromatic carbocycles. The number of methoxy groups -OCH3 is 1. The van der Waals surface area contributed by atoms with E-state index in [1.807, 2.05) is 36.4 Å². The third-order valence-corrected chi connectivity index (χ3v) is 4.38. The first-order chi connectivity index (χ1) is 11.2. The Morgan fingerprint density at radius 3 is 2.74 bits per heavy atom. The van der Waals surface area contributed by atoms with Crippen LogP contribution in [0.2, 0.25) is 5.02 Å². The Morgan fingerprint density at radius 2 is 2.04 bits per heavy atom. The highest BCUT2D eigenvalue weighted by Crippen LogP contribution is 2.30. The molecule has 23 heavy (non-hydrogen) atoms. The van der Waals surface area contributed by atoms with Crippen molar-refractivity contribution in [3.8, 4) is 5.75 Å². The number of aromatic nitrogens is 1. The number of para-hydroxylation sites is 1. The largest absolute Gasteiger partial charge is 0.497 e. The Labute approximate surface area is 142 Å². The van der Waals surface area contributed by atoms with Gasteiger partial charge in [0.1, 0.15) is 11.3 Å². The lowest BCUT2D eigenvalue weighted by molar-refractivity contribution is -0.111. The van der Waals surface area contributed by atoms with Gasteiger partial charge in [-0.3, -0.25) is 10.1 Å². The minimum absolute atomic E-state index is 0.240. The SMILES string of the molecule is COc1ccc(/C=C/C(=O)Nc2nc3c(Cl)cccc3s2)cc1. The second kappa shape index (κ2) is 6.81. The van der Waals surface area contributed by atoms with Crippen LogP contribution in [0.25, 0.3) is 16.3 Å². The molecule has 6 heteroatoms. The summed E-state index contributed by atoms with van der Waals surface area (Å²) in [7, 11) is 1.61. The monoisotopic (exact) mass is 344 g/mol. The average Bonchev–Trinajstić information content (AvgIpc) is 2.97. The third-order valence-electron chi connectivity index (χ3n) is 3.14. The van der Waals surface area contributed by atoms with Crippen molar-refractivity contribution in [1.82, 2.24) is 4.98 Å². The van der Waals surface area contributed by atoms with Gasteiger partial charge in [-0.1, -0.05) is 41.1 Å². The van der Waals surface area contributed by atoms with E-state index >= 15 is 0 Å². The number of nitrogens with one attached hydrogen (secondary N) is 1. The fourth-order valence-electron chi connectivity index (χ4n) is 2.00. The summed E-state index contributed by atoms with van der Waals surface area (Å²) in [5, 5.41) is 3.85. The number of nitrogens with zero attached hydrogens (tertiary/aromatic N) is 1. The van der Waals surface area contributed by atoms with Gasteiger partial charge in [-0.15, -0.1) is 0 Å². The van der Waals surface area contributed by atoms with Gasteiger partial charge in [-0.25, -0.2) is 4.98 Å². The van der Waals surface area contributed by atoms with Crippen LogP contribution in [0.4, 0.5) is 5.13 Å². The minimum Gasteiger partial charge on any atom is -0.497 e. The summed E-state index contributed by atoms with van der Waals surface area (Å²) in [6.07, 6.45) is 3.20. The quantitative estimate of drug-likeness (QED) is 0.703. The van der Waals surface area contributed by atoms with Crippen LogP contribution in [0, 0.1) is 0 Å². The molecule has 0 bridgehead atoms. The summed E-state index contributed by atoms with van der Waals surface area (Å²) < 4.78 is 6.03. The van der Waals surface area contributed by atoms with Gasteiger partial charge in [0.05, 0.1) is 16.8 Å². The number of hydrogen-bond donors (Lipinski definition) is 1. The summed E-state index contributed by atoms with van der Waals surface area (Å²) >= 11 is 7.47. The molecule has 4 nitrogen and oxygen atoms in total. The molecule has 0 aliphatic heterocycles. The van der Waals surface area contributed by atoms with E-state index in [1.54, 1.807) is 19.3 Å². The fourth-order valence-corrected chi connectivity index (χ4v) is 3.17. The number of amides is 1. The third kappa shape index (κ3) is 3.70. The molecular weight excluding hydrogens is 332 g/mol. The normalized spacial score (nSPS) is 11.0. The minimum atomic E-state index is -0.240. The smallest absolute Gasteiger partial charge is 0.250 e. The maximum atomic E-state index is 12.0. The molecule has 0 fully saturated rings. The second-order valence-corrected chi connectivity index (χ2v) is 6.14. The van der Waals surface area contributed by atoms with Gasteiger partial charge in [0, 0.05) is 6.08 Å². The van der Waals surface area contributed by atoms with E-state index in [9.17, 15) is 4.79 Å². The fraction of sp³-hybridized carbons (Fsp3) is 0.0588. The van der Waals surface area contributed by atoms with Crippen molar-refractivity contribution in [3.05, 3.63) is 59.1 Å². The number of rotatable bonds is 4. The molecular formula is C17H13ClN2O2S. The standard InChI is InChI=1S/C17H13ClN2O2S/c1-22-12-8-5-11(6-9-12)7-10-15(21)19-17-20-16-13(18)3-2-4-14(16)23-17/h2-10H,1H3,(H,19,20,21)/b10-7+. The number of carbonyl (C=O) groups is 1. The van der Waals surface area contributed by atoms with Crippen LogP contribution in [0.3, 0.4) is 0 Å². The van der Waals surface area contributed by atoms with E-state index in [1.165, 1.54) is 17.4 Å². The Kier molecular flexibility index (Phi) is 4.60. The highest BCUT2D eigenvalue weighted by Gasteiger charge is 2.08. The number of halogens is 1. The van der Waals surface area contributed by atoms with Gasteiger partial charge in [-0.2, -0.15) is 0 Å². The zero-order valence-electron chi connectivity index (χ0n) is 12.2. The number of anilines is 1. The number of carbonyl (C=O) groups excluding carboxylic acids is 1. The van der Waals surface area contributed by atoms with Crippen molar-refractivity contribution >= 4 is 50.3 Å². The molecule has 3 aromatic rings. The first kappa shape index (κ1) is 15.5. The van der Waals surface area contributed by atoms with E-state index in [4.69, 9.17) is 16.3 Å². The summed E-state index contributed by atoms with van der Waals surface area (Å²) in [5.74, 6) is 0.536. The van der Waals surface area contributed by atoms with Gasteiger partial charge in [0.15, 0.2) is 5.13 Å². The molecule has 0 atom stereocenters. The van der Waals surface area contributed by atoms with E-state index in [0.717, 1.165) is 16.0 Å². The molecule has 1 heterocycles. The van der Waals surface area contributed by atoms with Crippen LogP contribution >= 0.6 is 22.9 Å². The van der Waals surface area contributed by atoms with Crippen molar-refractivity contribution in [2.45, 2.75) is 0 Å². The lowest BCUT2D eigenvalue weighted by atomic mass is 10.2. The van der Waals surface area contributed by atoms with Crippen LogP contribution in [0.1, 0.15) is 5.56 Å². The summed E-state index contributed by atoms with van der Waals surface area (Å²) in [4.78, 5) is 16.3. The van der Waals surface area contributed by atoms with Gasteiger partial charge >= 0.3 is 0 Å². The van der Waals surface area contributed by atoms with Gasteiger partial charge in [-0.05, 0) is 35.9 Å². The number of fused-ring (bicyclic) bond motifs is 1. The van der Waals surface area contributed by atoms with E-state index < -0.39 is 0 Å². The van der Waals surface area contributed by atoms with Gasteiger partial charge in [0.25, 0.3) is 0 Å². The number of benzene rings is 2. The maximum Gasteiger partial charge on any atom is 0.250 e. The molecule has 1 amide bonds. The van der Waals surface area contributed by atoms with Gasteiger partial charge in [0.2, 0.25) is 5.91 Å². The van der Waals surface area contributed by atoms with Crippen molar-refractivity contribution in [2.24, 2.45) is 0 Å². The molecule has 0 radical (unpaired) electrons. The van der Waals surface area contributed by atoms with Crippen LogP contribution in [0.5, 0.6) is 5.75 Å². The maximum absolute atomic E-state index is 12.0. The van der Waals surface area contributed by atoms with E-state index in [2.05, 4.69) is 10.3 Å². The number of hydrogen-bond acceptors (Lipinski definition) is 4. The van der Waals surface area contributed by atoms with E-state index in [0.29, 0.717) is 15.7 Å². The first-order valence-corrected chi connectivity index (χ1v) is 8.03. The lowest BCUT2D eigenvalue weighted by Crippen LogP contribution is -2.07. The predicted molar refractivity (Wildman–Crippen MR) is 95.3 cm³/mol. The molecule has 1 aromatic heterocycles. The Hall–Kier alpha value is -2.37. The predicted octanol–water partition coefficient (Wildman–Crippen LogP) is 4.61. The molecule has 0 saturated heterocycles.